The number of hydrogen-bond acceptors (Lipinski definition) is 7. The molecule has 0 N–H and O–H groups in total. The maximum Gasteiger partial charge on any atom is 0.352 e. The monoisotopic (exact) mass is 430 g/mol. The van der Waals surface area contributed by atoms with E-state index in [0.29, 0.717) is 22.6 Å². The lowest BCUT2D eigenvalue weighted by Gasteiger charge is -2.19. The van der Waals surface area contributed by atoms with Gasteiger partial charge in [0.2, 0.25) is 12.0 Å². The van der Waals surface area contributed by atoms with Crippen LogP contribution in [0.2, 0.25) is 0 Å². The first-order valence-electron chi connectivity index (χ1n) is 9.62. The summed E-state index contributed by atoms with van der Waals surface area (Å²) in [7, 11) is 0. The van der Waals surface area contributed by atoms with Gasteiger partial charge in [-0.15, -0.1) is 11.3 Å². The van der Waals surface area contributed by atoms with Crippen LogP contribution in [0.25, 0.3) is 21.9 Å². The third-order valence-corrected chi connectivity index (χ3v) is 5.38. The molecule has 0 aliphatic heterocycles. The van der Waals surface area contributed by atoms with Gasteiger partial charge < -0.3 is 13.9 Å². The molecule has 0 saturated heterocycles. The number of furan rings is 1. The topological polar surface area (TPSA) is 85.3 Å². The molecule has 4 rings (SSSR count). The van der Waals surface area contributed by atoms with Crippen molar-refractivity contribution in [2.24, 2.45) is 0 Å². The van der Waals surface area contributed by atoms with Crippen molar-refractivity contribution in [3.8, 4) is 33.8 Å². The highest BCUT2D eigenvalue weighted by molar-refractivity contribution is 7.13. The van der Waals surface area contributed by atoms with Crippen LogP contribution in [0.3, 0.4) is 0 Å². The molecule has 0 amide bonds. The van der Waals surface area contributed by atoms with E-state index in [1.165, 1.54) is 17.6 Å². The lowest BCUT2D eigenvalue weighted by atomic mass is 10.1. The minimum Gasteiger partial charge on any atom is -0.464 e. The largest absolute Gasteiger partial charge is 0.464 e. The fraction of sp³-hybridized carbons (Fsp3) is 0.125. The van der Waals surface area contributed by atoms with Gasteiger partial charge in [0, 0.05) is 11.1 Å². The summed E-state index contributed by atoms with van der Waals surface area (Å²) in [5, 5.41) is 11.9. The second-order valence-electron chi connectivity index (χ2n) is 6.46. The van der Waals surface area contributed by atoms with Crippen molar-refractivity contribution < 1.29 is 18.7 Å². The zero-order valence-electron chi connectivity index (χ0n) is 16.6. The van der Waals surface area contributed by atoms with Crippen LogP contribution in [0.5, 0.6) is 5.88 Å². The molecular weight excluding hydrogens is 412 g/mol. The zero-order valence-corrected chi connectivity index (χ0v) is 17.5. The molecule has 154 valence electrons. The third-order valence-electron chi connectivity index (χ3n) is 4.49. The number of aromatic nitrogens is 1. The van der Waals surface area contributed by atoms with Gasteiger partial charge in [0.25, 0.3) is 0 Å². The van der Waals surface area contributed by atoms with Gasteiger partial charge in [-0.2, -0.15) is 5.26 Å². The lowest BCUT2D eigenvalue weighted by Crippen LogP contribution is -2.22. The van der Waals surface area contributed by atoms with Crippen molar-refractivity contribution in [2.75, 3.05) is 6.61 Å². The van der Waals surface area contributed by atoms with Crippen LogP contribution in [0.4, 0.5) is 0 Å². The molecule has 0 saturated carbocycles. The molecule has 7 heteroatoms. The van der Waals surface area contributed by atoms with Gasteiger partial charge in [-0.25, -0.2) is 9.78 Å². The molecule has 0 bridgehead atoms. The number of nitriles is 1. The van der Waals surface area contributed by atoms with Crippen molar-refractivity contribution >= 4 is 17.3 Å². The minimum atomic E-state index is -1.07. The zero-order chi connectivity index (χ0) is 21.6. The Morgan fingerprint density at radius 2 is 2.03 bits per heavy atom. The highest BCUT2D eigenvalue weighted by Crippen LogP contribution is 2.36. The molecule has 1 atom stereocenters. The molecule has 4 aromatic rings. The number of ether oxygens (including phenoxy) is 2. The van der Waals surface area contributed by atoms with Crippen LogP contribution >= 0.6 is 11.3 Å². The van der Waals surface area contributed by atoms with Crippen LogP contribution < -0.4 is 4.74 Å². The van der Waals surface area contributed by atoms with Crippen molar-refractivity contribution in [2.45, 2.75) is 13.0 Å². The molecule has 3 heterocycles. The summed E-state index contributed by atoms with van der Waals surface area (Å²) in [4.78, 5) is 18.2. The van der Waals surface area contributed by atoms with Crippen molar-refractivity contribution in [3.63, 3.8) is 0 Å². The van der Waals surface area contributed by atoms with E-state index in [1.807, 2.05) is 23.6 Å². The number of esters is 1. The lowest BCUT2D eigenvalue weighted by molar-refractivity contribution is -0.151. The van der Waals surface area contributed by atoms with Gasteiger partial charge >= 0.3 is 5.97 Å². The number of benzene rings is 1. The fourth-order valence-corrected chi connectivity index (χ4v) is 3.79. The van der Waals surface area contributed by atoms with Gasteiger partial charge in [0.15, 0.2) is 0 Å². The quantitative estimate of drug-likeness (QED) is 0.354. The van der Waals surface area contributed by atoms with E-state index in [0.717, 1.165) is 4.88 Å². The van der Waals surface area contributed by atoms with Gasteiger partial charge in [-0.3, -0.25) is 0 Å². The smallest absolute Gasteiger partial charge is 0.352 e. The Kier molecular flexibility index (Phi) is 6.11. The fourth-order valence-electron chi connectivity index (χ4n) is 3.10. The molecule has 0 spiro atoms. The Labute approximate surface area is 183 Å². The Balaban J connectivity index is 1.86. The predicted molar refractivity (Wildman–Crippen MR) is 116 cm³/mol. The maximum atomic E-state index is 12.7. The van der Waals surface area contributed by atoms with Crippen LogP contribution in [-0.4, -0.2) is 17.6 Å². The second kappa shape index (κ2) is 9.28. The first-order valence-corrected chi connectivity index (χ1v) is 10.5. The van der Waals surface area contributed by atoms with Crippen molar-refractivity contribution in [1.29, 1.82) is 5.26 Å². The summed E-state index contributed by atoms with van der Waals surface area (Å²) in [6.45, 7) is 1.93. The van der Waals surface area contributed by atoms with Gasteiger partial charge in [0.1, 0.15) is 17.4 Å². The molecule has 6 nitrogen and oxygen atoms in total. The van der Waals surface area contributed by atoms with Crippen LogP contribution in [-0.2, 0) is 9.53 Å². The molecule has 3 aromatic heterocycles. The first kappa shape index (κ1) is 20.4. The summed E-state index contributed by atoms with van der Waals surface area (Å²) in [5.74, 6) is -0.00354. The van der Waals surface area contributed by atoms with Crippen molar-refractivity contribution in [3.05, 3.63) is 83.4 Å². The van der Waals surface area contributed by atoms with Gasteiger partial charge in [-0.1, -0.05) is 36.4 Å². The van der Waals surface area contributed by atoms with Crippen molar-refractivity contribution in [1.82, 2.24) is 4.98 Å². The standard InChI is InChI=1S/C24H18N2O4S/c1-2-28-24(27)22(16-8-4-3-5-9-16)30-23-18(15-25)17(20-10-6-12-29-20)14-19(26-23)21-11-7-13-31-21/h3-14,22H,2H2,1H3. The number of rotatable bonds is 7. The average Bonchev–Trinajstić information content (AvgIpc) is 3.52. The van der Waals surface area contributed by atoms with E-state index in [9.17, 15) is 10.1 Å². The molecule has 0 aliphatic carbocycles. The second-order valence-corrected chi connectivity index (χ2v) is 7.41. The molecule has 0 fully saturated rings. The van der Waals surface area contributed by atoms with E-state index in [4.69, 9.17) is 13.9 Å². The molecule has 31 heavy (non-hydrogen) atoms. The van der Waals surface area contributed by atoms with Crippen LogP contribution in [0.1, 0.15) is 24.2 Å². The number of thiophene rings is 1. The highest BCUT2D eigenvalue weighted by atomic mass is 32.1. The minimum absolute atomic E-state index is 0.0432. The SMILES string of the molecule is CCOC(=O)C(Oc1nc(-c2cccs2)cc(-c2ccco2)c1C#N)c1ccccc1. The Morgan fingerprint density at radius 3 is 2.68 bits per heavy atom. The molecular formula is C24H18N2O4S. The van der Waals surface area contributed by atoms with Crippen LogP contribution in [0.15, 0.2) is 76.7 Å². The summed E-state index contributed by atoms with van der Waals surface area (Å²) < 4.78 is 16.8. The molecule has 0 radical (unpaired) electrons. The Hall–Kier alpha value is -3.89. The van der Waals surface area contributed by atoms with Crippen LogP contribution in [0, 0.1) is 11.3 Å². The summed E-state index contributed by atoms with van der Waals surface area (Å²) >= 11 is 1.51. The van der Waals surface area contributed by atoms with E-state index in [1.54, 1.807) is 49.4 Å². The number of carbonyl (C=O) groups excluding carboxylic acids is 1. The molecule has 1 aromatic carbocycles. The Morgan fingerprint density at radius 1 is 1.19 bits per heavy atom. The van der Waals surface area contributed by atoms with E-state index in [2.05, 4.69) is 11.1 Å². The average molecular weight is 430 g/mol. The normalized spacial score (nSPS) is 11.5. The summed E-state index contributed by atoms with van der Waals surface area (Å²) in [6, 6.07) is 20.3. The molecule has 0 aliphatic rings. The third kappa shape index (κ3) is 4.34. The first-order chi connectivity index (χ1) is 15.2. The Bertz CT molecular complexity index is 1200. The summed E-state index contributed by atoms with van der Waals surface area (Å²) in [6.07, 6.45) is 0.469. The van der Waals surface area contributed by atoms with Gasteiger partial charge in [0.05, 0.1) is 23.4 Å². The van der Waals surface area contributed by atoms with E-state index < -0.39 is 12.1 Å². The maximum absolute atomic E-state index is 12.7. The molecule has 1 unspecified atom stereocenters. The highest BCUT2D eigenvalue weighted by Gasteiger charge is 2.28. The van der Waals surface area contributed by atoms with E-state index in [-0.39, 0.29) is 18.1 Å². The number of nitrogens with zero attached hydrogens (tertiary/aromatic N) is 2. The number of carbonyl (C=O) groups is 1. The summed E-state index contributed by atoms with van der Waals surface area (Å²) in [5.41, 5.74) is 1.94. The number of hydrogen-bond donors (Lipinski definition) is 0. The van der Waals surface area contributed by atoms with E-state index >= 15 is 0 Å². The predicted octanol–water partition coefficient (Wildman–Crippen LogP) is 5.62. The number of pyridine rings is 1. The van der Waals surface area contributed by atoms with Gasteiger partial charge in [-0.05, 0) is 36.6 Å².